The van der Waals surface area contributed by atoms with Crippen LogP contribution in [0.25, 0.3) is 11.1 Å². The number of hydrogen-bond acceptors (Lipinski definition) is 2. The van der Waals surface area contributed by atoms with Crippen molar-refractivity contribution in [3.05, 3.63) is 53.3 Å². The number of carbonyl (C=O) groups is 1. The van der Waals surface area contributed by atoms with Crippen molar-refractivity contribution >= 4 is 11.7 Å². The van der Waals surface area contributed by atoms with E-state index in [0.29, 0.717) is 16.7 Å². The van der Waals surface area contributed by atoms with Gasteiger partial charge in [-0.3, -0.25) is 0 Å². The summed E-state index contributed by atoms with van der Waals surface area (Å²) >= 11 is 0. The fraction of sp³-hybridized carbons (Fsp3) is 0.0714. The quantitative estimate of drug-likeness (QED) is 0.799. The molecule has 0 unspecified atom stereocenters. The zero-order valence-electron chi connectivity index (χ0n) is 9.77. The Hall–Kier alpha value is -2.36. The van der Waals surface area contributed by atoms with Crippen molar-refractivity contribution in [3.63, 3.8) is 0 Å². The molecule has 0 aliphatic carbocycles. The molecule has 0 saturated heterocycles. The summed E-state index contributed by atoms with van der Waals surface area (Å²) in [5.74, 6) is -1.43. The number of carboxylic acid groups (broad SMARTS) is 1. The predicted molar refractivity (Wildman–Crippen MR) is 67.9 cm³/mol. The first-order chi connectivity index (χ1) is 8.52. The van der Waals surface area contributed by atoms with E-state index in [-0.39, 0.29) is 17.1 Å². The molecule has 0 bridgehead atoms. The summed E-state index contributed by atoms with van der Waals surface area (Å²) in [5, 5.41) is 9.01. The minimum Gasteiger partial charge on any atom is -0.478 e. The SMILES string of the molecule is Cc1c(F)cccc1-c1cccc(C(=O)O)c1N. The molecule has 3 N–H and O–H groups in total. The smallest absolute Gasteiger partial charge is 0.337 e. The number of halogens is 1. The van der Waals surface area contributed by atoms with Gasteiger partial charge in [0.1, 0.15) is 5.82 Å². The van der Waals surface area contributed by atoms with E-state index in [1.807, 2.05) is 0 Å². The molecule has 92 valence electrons. The van der Waals surface area contributed by atoms with Crippen LogP contribution >= 0.6 is 0 Å². The normalized spacial score (nSPS) is 10.3. The summed E-state index contributed by atoms with van der Waals surface area (Å²) in [5.41, 5.74) is 7.60. The fourth-order valence-electron chi connectivity index (χ4n) is 1.89. The molecular formula is C14H12FNO2. The molecule has 0 spiro atoms. The van der Waals surface area contributed by atoms with Gasteiger partial charge in [-0.05, 0) is 30.2 Å². The molecule has 0 fully saturated rings. The third-order valence-electron chi connectivity index (χ3n) is 2.89. The Kier molecular flexibility index (Phi) is 3.02. The molecule has 4 heteroatoms. The van der Waals surface area contributed by atoms with Crippen molar-refractivity contribution in [2.45, 2.75) is 6.92 Å². The number of hydrogen-bond donors (Lipinski definition) is 2. The highest BCUT2D eigenvalue weighted by molar-refractivity contribution is 5.98. The van der Waals surface area contributed by atoms with Crippen molar-refractivity contribution in [1.82, 2.24) is 0 Å². The molecule has 0 heterocycles. The molecule has 0 aliphatic rings. The lowest BCUT2D eigenvalue weighted by atomic mass is 9.96. The number of carboxylic acids is 1. The van der Waals surface area contributed by atoms with Crippen molar-refractivity contribution < 1.29 is 14.3 Å². The molecular weight excluding hydrogens is 233 g/mol. The van der Waals surface area contributed by atoms with Crippen LogP contribution in [0, 0.1) is 12.7 Å². The Balaban J connectivity index is 2.69. The molecule has 18 heavy (non-hydrogen) atoms. The number of nitrogens with two attached hydrogens (primary N) is 1. The maximum atomic E-state index is 13.5. The largest absolute Gasteiger partial charge is 0.478 e. The Morgan fingerprint density at radius 2 is 1.78 bits per heavy atom. The first-order valence-corrected chi connectivity index (χ1v) is 5.39. The van der Waals surface area contributed by atoms with Crippen LogP contribution in [-0.2, 0) is 0 Å². The second kappa shape index (κ2) is 4.49. The first kappa shape index (κ1) is 12.1. The minimum atomic E-state index is -1.09. The number of benzene rings is 2. The van der Waals surface area contributed by atoms with Gasteiger partial charge in [-0.2, -0.15) is 0 Å². The summed E-state index contributed by atoms with van der Waals surface area (Å²) in [6.45, 7) is 1.64. The van der Waals surface area contributed by atoms with E-state index in [4.69, 9.17) is 10.8 Å². The minimum absolute atomic E-state index is 0.0242. The van der Waals surface area contributed by atoms with Gasteiger partial charge in [-0.15, -0.1) is 0 Å². The molecule has 0 aliphatic heterocycles. The number of para-hydroxylation sites is 1. The van der Waals surface area contributed by atoms with Crippen molar-refractivity contribution in [2.75, 3.05) is 5.73 Å². The maximum absolute atomic E-state index is 13.5. The monoisotopic (exact) mass is 245 g/mol. The van der Waals surface area contributed by atoms with E-state index >= 15 is 0 Å². The fourth-order valence-corrected chi connectivity index (χ4v) is 1.89. The molecule has 0 atom stereocenters. The summed E-state index contributed by atoms with van der Waals surface area (Å²) in [4.78, 5) is 11.0. The van der Waals surface area contributed by atoms with Gasteiger partial charge in [-0.25, -0.2) is 9.18 Å². The van der Waals surface area contributed by atoms with E-state index in [0.717, 1.165) is 0 Å². The number of rotatable bonds is 2. The Labute approximate surface area is 104 Å². The molecule has 2 aromatic carbocycles. The second-order valence-electron chi connectivity index (χ2n) is 3.98. The topological polar surface area (TPSA) is 63.3 Å². The van der Waals surface area contributed by atoms with Crippen molar-refractivity contribution in [2.24, 2.45) is 0 Å². The molecule has 2 aromatic rings. The lowest BCUT2D eigenvalue weighted by Crippen LogP contribution is -2.04. The standard InChI is InChI=1S/C14H12FNO2/c1-8-9(4-3-7-12(8)15)10-5-2-6-11(13(10)16)14(17)18/h2-7H,16H2,1H3,(H,17,18). The van der Waals surface area contributed by atoms with Gasteiger partial charge in [0.25, 0.3) is 0 Å². The second-order valence-corrected chi connectivity index (χ2v) is 3.98. The third kappa shape index (κ3) is 1.93. The van der Waals surface area contributed by atoms with Crippen LogP contribution in [0.15, 0.2) is 36.4 Å². The Morgan fingerprint density at radius 1 is 1.17 bits per heavy atom. The Bertz CT molecular complexity index is 623. The van der Waals surface area contributed by atoms with E-state index in [1.54, 1.807) is 31.2 Å². The summed E-state index contributed by atoms with van der Waals surface area (Å²) in [6, 6.07) is 9.36. The van der Waals surface area contributed by atoms with Gasteiger partial charge < -0.3 is 10.8 Å². The van der Waals surface area contributed by atoms with Gasteiger partial charge in [0.2, 0.25) is 0 Å². The van der Waals surface area contributed by atoms with E-state index in [1.165, 1.54) is 12.1 Å². The van der Waals surface area contributed by atoms with Crippen LogP contribution < -0.4 is 5.73 Å². The maximum Gasteiger partial charge on any atom is 0.337 e. The van der Waals surface area contributed by atoms with E-state index in [9.17, 15) is 9.18 Å². The zero-order chi connectivity index (χ0) is 13.3. The number of nitrogen functional groups attached to an aromatic ring is 1. The molecule has 0 aromatic heterocycles. The average molecular weight is 245 g/mol. The highest BCUT2D eigenvalue weighted by atomic mass is 19.1. The van der Waals surface area contributed by atoms with Gasteiger partial charge in [0, 0.05) is 5.56 Å². The van der Waals surface area contributed by atoms with Crippen LogP contribution in [-0.4, -0.2) is 11.1 Å². The summed E-state index contributed by atoms with van der Waals surface area (Å²) in [7, 11) is 0. The molecule has 0 amide bonds. The van der Waals surface area contributed by atoms with Gasteiger partial charge in [-0.1, -0.05) is 24.3 Å². The average Bonchev–Trinajstić information content (AvgIpc) is 2.33. The highest BCUT2D eigenvalue weighted by Gasteiger charge is 2.14. The van der Waals surface area contributed by atoms with Crippen LogP contribution in [0.5, 0.6) is 0 Å². The molecule has 0 radical (unpaired) electrons. The third-order valence-corrected chi connectivity index (χ3v) is 2.89. The summed E-state index contributed by atoms with van der Waals surface area (Å²) < 4.78 is 13.5. The van der Waals surface area contributed by atoms with Crippen LogP contribution in [0.4, 0.5) is 10.1 Å². The molecule has 0 saturated carbocycles. The molecule has 2 rings (SSSR count). The first-order valence-electron chi connectivity index (χ1n) is 5.39. The summed E-state index contributed by atoms with van der Waals surface area (Å²) in [6.07, 6.45) is 0. The number of aromatic carboxylic acids is 1. The van der Waals surface area contributed by atoms with Gasteiger partial charge in [0.05, 0.1) is 11.3 Å². The van der Waals surface area contributed by atoms with Crippen LogP contribution in [0.3, 0.4) is 0 Å². The van der Waals surface area contributed by atoms with E-state index < -0.39 is 5.97 Å². The van der Waals surface area contributed by atoms with Gasteiger partial charge >= 0.3 is 5.97 Å². The Morgan fingerprint density at radius 3 is 2.44 bits per heavy atom. The van der Waals surface area contributed by atoms with Crippen molar-refractivity contribution in [3.8, 4) is 11.1 Å². The van der Waals surface area contributed by atoms with Crippen molar-refractivity contribution in [1.29, 1.82) is 0 Å². The lowest BCUT2D eigenvalue weighted by Gasteiger charge is -2.11. The highest BCUT2D eigenvalue weighted by Crippen LogP contribution is 2.31. The van der Waals surface area contributed by atoms with Crippen LogP contribution in [0.1, 0.15) is 15.9 Å². The predicted octanol–water partition coefficient (Wildman–Crippen LogP) is 3.08. The molecule has 3 nitrogen and oxygen atoms in total. The van der Waals surface area contributed by atoms with Crippen LogP contribution in [0.2, 0.25) is 0 Å². The van der Waals surface area contributed by atoms with E-state index in [2.05, 4.69) is 0 Å². The zero-order valence-corrected chi connectivity index (χ0v) is 9.77. The number of anilines is 1. The van der Waals surface area contributed by atoms with Gasteiger partial charge in [0.15, 0.2) is 0 Å². The lowest BCUT2D eigenvalue weighted by molar-refractivity contribution is 0.0698.